The van der Waals surface area contributed by atoms with Crippen molar-refractivity contribution in [2.45, 2.75) is 27.2 Å². The number of hydrogen-bond acceptors (Lipinski definition) is 7. The van der Waals surface area contributed by atoms with E-state index in [1.165, 1.54) is 33.1 Å². The number of H-pyrrole nitrogens is 1. The van der Waals surface area contributed by atoms with Crippen LogP contribution in [0.15, 0.2) is 23.6 Å². The zero-order chi connectivity index (χ0) is 24.3. The minimum Gasteiger partial charge on any atom is -0.465 e. The van der Waals surface area contributed by atoms with Gasteiger partial charge in [0.1, 0.15) is 5.82 Å². The molecule has 3 aromatic rings. The predicted molar refractivity (Wildman–Crippen MR) is 121 cm³/mol. The number of carbonyl (C=O) groups excluding carboxylic acids is 4. The summed E-state index contributed by atoms with van der Waals surface area (Å²) in [5.74, 6) is -2.32. The lowest BCUT2D eigenvalue weighted by Crippen LogP contribution is -2.17. The number of aromatic amines is 1. The van der Waals surface area contributed by atoms with Gasteiger partial charge in [-0.3, -0.25) is 14.4 Å². The van der Waals surface area contributed by atoms with Crippen LogP contribution in [-0.4, -0.2) is 40.6 Å². The number of anilines is 2. The fourth-order valence-electron chi connectivity index (χ4n) is 3.30. The minimum atomic E-state index is -0.659. The fourth-order valence-corrected chi connectivity index (χ4v) is 4.03. The third-order valence-electron chi connectivity index (χ3n) is 4.72. The summed E-state index contributed by atoms with van der Waals surface area (Å²) in [4.78, 5) is 54.7. The summed E-state index contributed by atoms with van der Waals surface area (Å²) in [6, 6.07) is 4.21. The van der Waals surface area contributed by atoms with Crippen LogP contribution in [0.4, 0.5) is 15.2 Å². The van der Waals surface area contributed by atoms with E-state index >= 15 is 0 Å². The zero-order valence-corrected chi connectivity index (χ0v) is 19.1. The van der Waals surface area contributed by atoms with Crippen molar-refractivity contribution in [1.29, 1.82) is 0 Å². The Balaban J connectivity index is 1.77. The Labute approximate surface area is 192 Å². The maximum atomic E-state index is 14.5. The first kappa shape index (κ1) is 23.8. The molecule has 1 aromatic carbocycles. The van der Waals surface area contributed by atoms with Crippen LogP contribution in [0.5, 0.6) is 0 Å². The lowest BCUT2D eigenvalue weighted by atomic mass is 10.1. The molecule has 0 saturated heterocycles. The maximum absolute atomic E-state index is 14.5. The SMILES string of the molecule is COC(=O)c1c(CC(=O)Nc2nc(-c3ccc(NC(C)=O)cc3F)cs2)[nH]c(C(C)=O)c1C. The number of benzene rings is 1. The summed E-state index contributed by atoms with van der Waals surface area (Å²) in [5.41, 5.74) is 1.87. The molecule has 3 N–H and O–H groups in total. The number of hydrogen-bond donors (Lipinski definition) is 3. The van der Waals surface area contributed by atoms with E-state index < -0.39 is 17.7 Å². The molecule has 0 bridgehead atoms. The molecule has 11 heteroatoms. The first-order chi connectivity index (χ1) is 15.6. The van der Waals surface area contributed by atoms with Crippen LogP contribution in [0.1, 0.15) is 46.0 Å². The van der Waals surface area contributed by atoms with E-state index in [2.05, 4.69) is 20.6 Å². The highest BCUT2D eigenvalue weighted by Crippen LogP contribution is 2.29. The number of amides is 2. The van der Waals surface area contributed by atoms with Gasteiger partial charge in [-0.05, 0) is 30.7 Å². The van der Waals surface area contributed by atoms with Crippen LogP contribution >= 0.6 is 11.3 Å². The highest BCUT2D eigenvalue weighted by Gasteiger charge is 2.24. The molecule has 0 aliphatic carbocycles. The third-order valence-corrected chi connectivity index (χ3v) is 5.48. The van der Waals surface area contributed by atoms with Crippen LogP contribution in [-0.2, 0) is 20.7 Å². The van der Waals surface area contributed by atoms with Crippen molar-refractivity contribution in [2.75, 3.05) is 17.7 Å². The topological polar surface area (TPSA) is 130 Å². The number of methoxy groups -OCH3 is 1. The van der Waals surface area contributed by atoms with Crippen molar-refractivity contribution in [2.24, 2.45) is 0 Å². The summed E-state index contributed by atoms with van der Waals surface area (Å²) in [6.07, 6.45) is -0.229. The van der Waals surface area contributed by atoms with Crippen molar-refractivity contribution in [3.63, 3.8) is 0 Å². The number of thiazole rings is 1. The van der Waals surface area contributed by atoms with Gasteiger partial charge in [0.15, 0.2) is 10.9 Å². The number of ketones is 1. The van der Waals surface area contributed by atoms with Crippen LogP contribution in [0.2, 0.25) is 0 Å². The van der Waals surface area contributed by atoms with E-state index in [9.17, 15) is 23.6 Å². The minimum absolute atomic E-state index is 0.138. The highest BCUT2D eigenvalue weighted by atomic mass is 32.1. The van der Waals surface area contributed by atoms with Crippen molar-refractivity contribution in [1.82, 2.24) is 9.97 Å². The number of Topliss-reactive ketones (excluding diaryl/α,β-unsaturated/α-hetero) is 1. The van der Waals surface area contributed by atoms with Gasteiger partial charge in [0, 0.05) is 36.2 Å². The van der Waals surface area contributed by atoms with Gasteiger partial charge in [0.2, 0.25) is 11.8 Å². The van der Waals surface area contributed by atoms with Gasteiger partial charge >= 0.3 is 5.97 Å². The van der Waals surface area contributed by atoms with Crippen LogP contribution < -0.4 is 10.6 Å². The number of nitrogens with one attached hydrogen (secondary N) is 3. The molecule has 9 nitrogen and oxygen atoms in total. The Morgan fingerprint density at radius 2 is 1.91 bits per heavy atom. The second kappa shape index (κ2) is 9.74. The summed E-state index contributed by atoms with van der Waals surface area (Å²) < 4.78 is 19.2. The van der Waals surface area contributed by atoms with Crippen molar-refractivity contribution >= 4 is 45.7 Å². The molecule has 0 saturated carbocycles. The Morgan fingerprint density at radius 3 is 2.52 bits per heavy atom. The monoisotopic (exact) mass is 472 g/mol. The molecule has 0 radical (unpaired) electrons. The van der Waals surface area contributed by atoms with Gasteiger partial charge < -0.3 is 20.4 Å². The number of esters is 1. The molecular formula is C22H21FN4O5S. The van der Waals surface area contributed by atoms with Gasteiger partial charge in [-0.2, -0.15) is 0 Å². The average molecular weight is 472 g/mol. The van der Waals surface area contributed by atoms with Crippen molar-refractivity contribution in [3.8, 4) is 11.3 Å². The molecule has 0 unspecified atom stereocenters. The molecule has 33 heavy (non-hydrogen) atoms. The number of carbonyl (C=O) groups is 4. The molecule has 172 valence electrons. The van der Waals surface area contributed by atoms with Gasteiger partial charge in [0.05, 0.1) is 30.5 Å². The molecule has 0 aliphatic rings. The number of aromatic nitrogens is 2. The summed E-state index contributed by atoms with van der Waals surface area (Å²) in [7, 11) is 1.21. The Hall–Kier alpha value is -3.86. The van der Waals surface area contributed by atoms with Crippen LogP contribution in [0.25, 0.3) is 11.3 Å². The quantitative estimate of drug-likeness (QED) is 0.355. The number of ether oxygens (including phenoxy) is 1. The predicted octanol–water partition coefficient (Wildman–Crippen LogP) is 3.71. The first-order valence-electron chi connectivity index (χ1n) is 9.74. The van der Waals surface area contributed by atoms with Gasteiger partial charge in [-0.15, -0.1) is 11.3 Å². The molecule has 3 rings (SSSR count). The average Bonchev–Trinajstić information content (AvgIpc) is 3.31. The Bertz CT molecular complexity index is 1260. The largest absolute Gasteiger partial charge is 0.465 e. The van der Waals surface area contributed by atoms with Gasteiger partial charge in [0.25, 0.3) is 0 Å². The summed E-state index contributed by atoms with van der Waals surface area (Å²) in [6.45, 7) is 4.27. The van der Waals surface area contributed by atoms with Gasteiger partial charge in [-0.1, -0.05) is 0 Å². The van der Waals surface area contributed by atoms with E-state index in [1.54, 1.807) is 18.4 Å². The van der Waals surface area contributed by atoms with E-state index in [-0.39, 0.29) is 45.8 Å². The van der Waals surface area contributed by atoms with Crippen LogP contribution in [0.3, 0.4) is 0 Å². The molecule has 0 aliphatic heterocycles. The Morgan fingerprint density at radius 1 is 1.18 bits per heavy atom. The first-order valence-corrected chi connectivity index (χ1v) is 10.6. The molecule has 0 fully saturated rings. The number of nitrogens with zero attached hydrogens (tertiary/aromatic N) is 1. The molecular weight excluding hydrogens is 451 g/mol. The molecule has 2 heterocycles. The summed E-state index contributed by atoms with van der Waals surface area (Å²) >= 11 is 1.10. The van der Waals surface area contributed by atoms with Crippen molar-refractivity contribution in [3.05, 3.63) is 51.9 Å². The second-order valence-corrected chi connectivity index (χ2v) is 8.02. The summed E-state index contributed by atoms with van der Waals surface area (Å²) in [5, 5.41) is 6.92. The van der Waals surface area contributed by atoms with E-state index in [1.807, 2.05) is 0 Å². The normalized spacial score (nSPS) is 10.6. The molecule has 0 spiro atoms. The number of rotatable bonds is 7. The molecule has 0 atom stereocenters. The maximum Gasteiger partial charge on any atom is 0.339 e. The third kappa shape index (κ3) is 5.32. The number of halogens is 1. The zero-order valence-electron chi connectivity index (χ0n) is 18.3. The van der Waals surface area contributed by atoms with E-state index in [4.69, 9.17) is 4.74 Å². The second-order valence-electron chi connectivity index (χ2n) is 7.16. The van der Waals surface area contributed by atoms with E-state index in [0.717, 1.165) is 11.3 Å². The standard InChI is InChI=1S/C22H21FN4O5S/c1-10-19(21(31)32-4)16(25-20(10)11(2)28)8-18(30)27-22-26-17(9-33-22)14-6-5-13(7-15(14)23)24-12(3)29/h5-7,9,25H,8H2,1-4H3,(H,24,29)(H,26,27,30). The lowest BCUT2D eigenvalue weighted by molar-refractivity contribution is -0.116. The fraction of sp³-hybridized carbons (Fsp3) is 0.227. The van der Waals surface area contributed by atoms with Crippen molar-refractivity contribution < 1.29 is 28.3 Å². The Kier molecular flexibility index (Phi) is 7.02. The lowest BCUT2D eigenvalue weighted by Gasteiger charge is -2.05. The van der Waals surface area contributed by atoms with Crippen LogP contribution in [0, 0.1) is 12.7 Å². The smallest absolute Gasteiger partial charge is 0.339 e. The van der Waals surface area contributed by atoms with Gasteiger partial charge in [-0.25, -0.2) is 14.2 Å². The highest BCUT2D eigenvalue weighted by molar-refractivity contribution is 7.14. The van der Waals surface area contributed by atoms with E-state index in [0.29, 0.717) is 16.9 Å². The molecule has 2 amide bonds. The molecule has 2 aromatic heterocycles.